The second-order valence-corrected chi connectivity index (χ2v) is 4.53. The van der Waals surface area contributed by atoms with Crippen molar-refractivity contribution in [3.05, 3.63) is 58.9 Å². The summed E-state index contributed by atoms with van der Waals surface area (Å²) in [5.74, 6) is 1.72. The highest BCUT2D eigenvalue weighted by molar-refractivity contribution is 6.03. The van der Waals surface area contributed by atoms with Crippen LogP contribution in [0.25, 0.3) is 0 Å². The molecular formula is C16H11F3N2O. The van der Waals surface area contributed by atoms with Gasteiger partial charge in [-0.2, -0.15) is 13.2 Å². The van der Waals surface area contributed by atoms with Crippen LogP contribution in [0.5, 0.6) is 0 Å². The van der Waals surface area contributed by atoms with E-state index in [0.29, 0.717) is 11.3 Å². The number of rotatable bonds is 2. The predicted molar refractivity (Wildman–Crippen MR) is 76.3 cm³/mol. The van der Waals surface area contributed by atoms with Crippen molar-refractivity contribution in [3.8, 4) is 12.3 Å². The molecule has 6 heteroatoms. The monoisotopic (exact) mass is 304 g/mol. The summed E-state index contributed by atoms with van der Waals surface area (Å²) >= 11 is 0. The molecule has 0 atom stereocenters. The largest absolute Gasteiger partial charge is 0.433 e. The maximum absolute atomic E-state index is 12.6. The number of aromatic nitrogens is 1. The third-order valence-corrected chi connectivity index (χ3v) is 2.92. The minimum atomic E-state index is -4.60. The first-order valence-electron chi connectivity index (χ1n) is 6.24. The summed E-state index contributed by atoms with van der Waals surface area (Å²) in [6.45, 7) is 1.81. The third-order valence-electron chi connectivity index (χ3n) is 2.92. The van der Waals surface area contributed by atoms with Crippen LogP contribution < -0.4 is 5.32 Å². The fourth-order valence-electron chi connectivity index (χ4n) is 1.77. The summed E-state index contributed by atoms with van der Waals surface area (Å²) in [4.78, 5) is 15.3. The van der Waals surface area contributed by atoms with E-state index in [-0.39, 0.29) is 5.69 Å². The van der Waals surface area contributed by atoms with Gasteiger partial charge in [0, 0.05) is 11.3 Å². The second-order valence-electron chi connectivity index (χ2n) is 4.53. The van der Waals surface area contributed by atoms with Crippen LogP contribution in [0.2, 0.25) is 0 Å². The third kappa shape index (κ3) is 3.44. The van der Waals surface area contributed by atoms with Crippen LogP contribution in [0.1, 0.15) is 27.3 Å². The maximum Gasteiger partial charge on any atom is 0.433 e. The summed E-state index contributed by atoms with van der Waals surface area (Å²) in [5.41, 5.74) is 0.404. The van der Waals surface area contributed by atoms with Crippen LogP contribution in [0.3, 0.4) is 0 Å². The standard InChI is InChI=1S/C16H11F3N2O/c1-3-11-9-12(8-7-10(11)2)20-15(22)13-5-4-6-14(21-13)16(17,18)19/h1,4-9H,2H3,(H,20,22). The van der Waals surface area contributed by atoms with Gasteiger partial charge in [0.15, 0.2) is 0 Å². The van der Waals surface area contributed by atoms with E-state index in [1.54, 1.807) is 18.2 Å². The van der Waals surface area contributed by atoms with Crippen molar-refractivity contribution in [1.29, 1.82) is 0 Å². The molecule has 0 radical (unpaired) electrons. The first-order valence-corrected chi connectivity index (χ1v) is 6.24. The molecule has 0 saturated heterocycles. The first-order chi connectivity index (χ1) is 10.3. The number of carbonyl (C=O) groups is 1. The molecule has 0 aliphatic rings. The van der Waals surface area contributed by atoms with Crippen LogP contribution in [-0.4, -0.2) is 10.9 Å². The van der Waals surface area contributed by atoms with E-state index in [1.807, 2.05) is 6.92 Å². The summed E-state index contributed by atoms with van der Waals surface area (Å²) in [6.07, 6.45) is 0.729. The minimum Gasteiger partial charge on any atom is -0.321 e. The average Bonchev–Trinajstić information content (AvgIpc) is 2.48. The van der Waals surface area contributed by atoms with Crippen molar-refractivity contribution in [2.75, 3.05) is 5.32 Å². The molecule has 1 N–H and O–H groups in total. The maximum atomic E-state index is 12.6. The topological polar surface area (TPSA) is 42.0 Å². The van der Waals surface area contributed by atoms with Gasteiger partial charge >= 0.3 is 6.18 Å². The Balaban J connectivity index is 2.25. The molecule has 112 valence electrons. The van der Waals surface area contributed by atoms with Crippen LogP contribution in [-0.2, 0) is 6.18 Å². The van der Waals surface area contributed by atoms with Gasteiger partial charge in [-0.05, 0) is 36.8 Å². The zero-order chi connectivity index (χ0) is 16.3. The Labute approximate surface area is 125 Å². The molecule has 1 aromatic carbocycles. The van der Waals surface area contributed by atoms with Crippen molar-refractivity contribution in [2.24, 2.45) is 0 Å². The lowest BCUT2D eigenvalue weighted by molar-refractivity contribution is -0.141. The highest BCUT2D eigenvalue weighted by atomic mass is 19.4. The SMILES string of the molecule is C#Cc1cc(NC(=O)c2cccc(C(F)(F)F)n2)ccc1C. The van der Waals surface area contributed by atoms with Crippen LogP contribution in [0, 0.1) is 19.3 Å². The lowest BCUT2D eigenvalue weighted by Crippen LogP contribution is -2.17. The van der Waals surface area contributed by atoms with E-state index in [4.69, 9.17) is 6.42 Å². The van der Waals surface area contributed by atoms with Crippen molar-refractivity contribution in [1.82, 2.24) is 4.98 Å². The highest BCUT2D eigenvalue weighted by Gasteiger charge is 2.32. The number of alkyl halides is 3. The van der Waals surface area contributed by atoms with Gasteiger partial charge in [-0.15, -0.1) is 6.42 Å². The molecule has 1 amide bonds. The molecular weight excluding hydrogens is 293 g/mol. The van der Waals surface area contributed by atoms with Crippen molar-refractivity contribution >= 4 is 11.6 Å². The number of pyridine rings is 1. The van der Waals surface area contributed by atoms with Gasteiger partial charge in [0.25, 0.3) is 5.91 Å². The van der Waals surface area contributed by atoms with E-state index < -0.39 is 17.8 Å². The van der Waals surface area contributed by atoms with Gasteiger partial charge in [0.1, 0.15) is 11.4 Å². The number of aryl methyl sites for hydroxylation is 1. The number of halogens is 3. The molecule has 0 aliphatic carbocycles. The quantitative estimate of drug-likeness (QED) is 0.861. The Hall–Kier alpha value is -2.81. The minimum absolute atomic E-state index is 0.322. The molecule has 22 heavy (non-hydrogen) atoms. The normalized spacial score (nSPS) is 10.9. The molecule has 2 rings (SSSR count). The van der Waals surface area contributed by atoms with Gasteiger partial charge < -0.3 is 5.32 Å². The summed E-state index contributed by atoms with van der Waals surface area (Å²) < 4.78 is 37.8. The molecule has 2 aromatic rings. The molecule has 3 nitrogen and oxygen atoms in total. The molecule has 0 unspecified atom stereocenters. The van der Waals surface area contributed by atoms with Crippen molar-refractivity contribution < 1.29 is 18.0 Å². The number of carbonyl (C=O) groups excluding carboxylic acids is 1. The Bertz CT molecular complexity index is 761. The molecule has 1 heterocycles. The number of nitrogens with zero attached hydrogens (tertiary/aromatic N) is 1. The summed E-state index contributed by atoms with van der Waals surface area (Å²) in [7, 11) is 0. The van der Waals surface area contributed by atoms with E-state index in [0.717, 1.165) is 17.7 Å². The van der Waals surface area contributed by atoms with E-state index in [2.05, 4.69) is 16.2 Å². The molecule has 0 fully saturated rings. The number of terminal acetylenes is 1. The Morgan fingerprint density at radius 3 is 2.64 bits per heavy atom. The van der Waals surface area contributed by atoms with Crippen molar-refractivity contribution in [3.63, 3.8) is 0 Å². The fraction of sp³-hybridized carbons (Fsp3) is 0.125. The van der Waals surface area contributed by atoms with Crippen molar-refractivity contribution in [2.45, 2.75) is 13.1 Å². The number of amides is 1. The summed E-state index contributed by atoms with van der Waals surface area (Å²) in [6, 6.07) is 8.04. The van der Waals surface area contributed by atoms with Gasteiger partial charge in [-0.1, -0.05) is 18.1 Å². The zero-order valence-corrected chi connectivity index (χ0v) is 11.5. The Kier molecular flexibility index (Phi) is 4.18. The highest BCUT2D eigenvalue weighted by Crippen LogP contribution is 2.27. The first kappa shape index (κ1) is 15.6. The lowest BCUT2D eigenvalue weighted by atomic mass is 10.1. The second kappa shape index (κ2) is 5.90. The Morgan fingerprint density at radius 1 is 1.27 bits per heavy atom. The molecule has 0 spiro atoms. The molecule has 0 saturated carbocycles. The van der Waals surface area contributed by atoms with E-state index in [1.165, 1.54) is 6.07 Å². The number of hydrogen-bond donors (Lipinski definition) is 1. The van der Waals surface area contributed by atoms with Crippen LogP contribution >= 0.6 is 0 Å². The summed E-state index contributed by atoms with van der Waals surface area (Å²) in [5, 5.41) is 2.47. The van der Waals surface area contributed by atoms with Gasteiger partial charge in [0.05, 0.1) is 0 Å². The molecule has 0 aliphatic heterocycles. The number of nitrogens with one attached hydrogen (secondary N) is 1. The Morgan fingerprint density at radius 2 is 2.00 bits per heavy atom. The number of anilines is 1. The molecule has 1 aromatic heterocycles. The van der Waals surface area contributed by atoms with Gasteiger partial charge in [-0.25, -0.2) is 4.98 Å². The molecule has 0 bridgehead atoms. The fourth-order valence-corrected chi connectivity index (χ4v) is 1.77. The van der Waals surface area contributed by atoms with Crippen LogP contribution in [0.4, 0.5) is 18.9 Å². The van der Waals surface area contributed by atoms with Gasteiger partial charge in [0.2, 0.25) is 0 Å². The van der Waals surface area contributed by atoms with E-state index in [9.17, 15) is 18.0 Å². The lowest BCUT2D eigenvalue weighted by Gasteiger charge is -2.09. The average molecular weight is 304 g/mol. The zero-order valence-electron chi connectivity index (χ0n) is 11.5. The van der Waals surface area contributed by atoms with E-state index >= 15 is 0 Å². The number of benzene rings is 1. The number of hydrogen-bond acceptors (Lipinski definition) is 2. The van der Waals surface area contributed by atoms with Gasteiger partial charge in [-0.3, -0.25) is 4.79 Å². The smallest absolute Gasteiger partial charge is 0.321 e. The predicted octanol–water partition coefficient (Wildman–Crippen LogP) is 3.64. The van der Waals surface area contributed by atoms with Crippen LogP contribution in [0.15, 0.2) is 36.4 Å².